The molecule has 10 heteroatoms. The van der Waals surface area contributed by atoms with Gasteiger partial charge in [0.05, 0.1) is 28.9 Å². The molecule has 0 aliphatic carbocycles. The highest BCUT2D eigenvalue weighted by atomic mass is 32.2. The number of sulfonamides is 1. The molecule has 2 atom stereocenters. The van der Waals surface area contributed by atoms with Gasteiger partial charge in [0.2, 0.25) is 0 Å². The van der Waals surface area contributed by atoms with E-state index in [0.29, 0.717) is 36.6 Å². The molecule has 1 aliphatic rings. The van der Waals surface area contributed by atoms with E-state index in [1.54, 1.807) is 49.4 Å². The number of aliphatic hydroxyl groups excluding tert-OH is 1. The summed E-state index contributed by atoms with van der Waals surface area (Å²) in [5.41, 5.74) is 5.91. The van der Waals surface area contributed by atoms with Crippen molar-refractivity contribution in [1.29, 1.82) is 0 Å². The van der Waals surface area contributed by atoms with E-state index in [0.717, 1.165) is 33.6 Å². The second-order valence-corrected chi connectivity index (χ2v) is 12.7. The average molecular weight is 647 g/mol. The molecule has 3 N–H and O–H groups in total. The van der Waals surface area contributed by atoms with Gasteiger partial charge >= 0.3 is 5.97 Å². The van der Waals surface area contributed by atoms with Gasteiger partial charge in [-0.25, -0.2) is 13.2 Å². The minimum absolute atomic E-state index is 0. The SMILES string of the molecule is C.CCOC(=O)c1ccc(-c2cc(C)c(OCCN[C@@H](C)[C@H](O)c3ccc4cc3NS(=O)(=O)c3cccc(c3)CO4)c(C)c2)cc1. The zero-order valence-corrected chi connectivity index (χ0v) is 26.6. The number of esters is 1. The third-order valence-corrected chi connectivity index (χ3v) is 9.04. The molecule has 1 aliphatic heterocycles. The van der Waals surface area contributed by atoms with Crippen LogP contribution in [-0.2, 0) is 21.4 Å². The Morgan fingerprint density at radius 1 is 1.00 bits per heavy atom. The summed E-state index contributed by atoms with van der Waals surface area (Å²) >= 11 is 0. The molecular formula is C36H42N2O7S. The highest BCUT2D eigenvalue weighted by molar-refractivity contribution is 7.92. The predicted octanol–water partition coefficient (Wildman–Crippen LogP) is 6.57. The fourth-order valence-corrected chi connectivity index (χ4v) is 6.47. The summed E-state index contributed by atoms with van der Waals surface area (Å²) in [6, 6.07) is 22.6. The molecule has 0 unspecified atom stereocenters. The van der Waals surface area contributed by atoms with Crippen molar-refractivity contribution in [2.75, 3.05) is 24.5 Å². The first-order valence-corrected chi connectivity index (χ1v) is 16.4. The third kappa shape index (κ3) is 7.88. The molecule has 4 aromatic rings. The number of aliphatic hydroxyl groups is 1. The minimum atomic E-state index is -3.86. The van der Waals surface area contributed by atoms with E-state index < -0.39 is 22.2 Å². The average Bonchev–Trinajstić information content (AvgIpc) is 3.02. The second-order valence-electron chi connectivity index (χ2n) is 11.1. The summed E-state index contributed by atoms with van der Waals surface area (Å²) in [6.07, 6.45) is -1.01. The first-order valence-electron chi connectivity index (χ1n) is 14.9. The van der Waals surface area contributed by atoms with Crippen LogP contribution in [0.1, 0.15) is 60.0 Å². The van der Waals surface area contributed by atoms with Gasteiger partial charge in [-0.2, -0.15) is 0 Å². The van der Waals surface area contributed by atoms with Gasteiger partial charge in [0.15, 0.2) is 0 Å². The Labute approximate surface area is 271 Å². The molecule has 0 saturated heterocycles. The molecule has 4 aromatic carbocycles. The van der Waals surface area contributed by atoms with Gasteiger partial charge in [0.1, 0.15) is 24.7 Å². The van der Waals surface area contributed by atoms with Crippen molar-refractivity contribution in [2.24, 2.45) is 0 Å². The van der Waals surface area contributed by atoms with Gasteiger partial charge < -0.3 is 24.6 Å². The molecule has 5 rings (SSSR count). The Kier molecular flexibility index (Phi) is 11.1. The van der Waals surface area contributed by atoms with Crippen molar-refractivity contribution in [3.8, 4) is 22.6 Å². The molecule has 46 heavy (non-hydrogen) atoms. The lowest BCUT2D eigenvalue weighted by molar-refractivity contribution is 0.0526. The Bertz CT molecular complexity index is 1770. The summed E-state index contributed by atoms with van der Waals surface area (Å²) in [5, 5.41) is 14.5. The third-order valence-electron chi connectivity index (χ3n) is 7.68. The van der Waals surface area contributed by atoms with Crippen LogP contribution in [0.25, 0.3) is 11.1 Å². The smallest absolute Gasteiger partial charge is 0.338 e. The normalized spacial score (nSPS) is 14.5. The summed E-state index contributed by atoms with van der Waals surface area (Å²) < 4.78 is 45.9. The van der Waals surface area contributed by atoms with E-state index in [9.17, 15) is 18.3 Å². The lowest BCUT2D eigenvalue weighted by Gasteiger charge is -2.24. The van der Waals surface area contributed by atoms with Crippen LogP contribution < -0.4 is 19.5 Å². The monoisotopic (exact) mass is 646 g/mol. The maximum atomic E-state index is 13.1. The number of carbonyl (C=O) groups excluding carboxylic acids is 1. The van der Waals surface area contributed by atoms with Crippen molar-refractivity contribution in [3.63, 3.8) is 0 Å². The Morgan fingerprint density at radius 3 is 2.41 bits per heavy atom. The van der Waals surface area contributed by atoms with Crippen LogP contribution >= 0.6 is 0 Å². The fourth-order valence-electron chi connectivity index (χ4n) is 5.32. The Hall–Kier alpha value is -4.38. The number of carbonyl (C=O) groups is 1. The Balaban J connectivity index is 0.00000480. The lowest BCUT2D eigenvalue weighted by Crippen LogP contribution is -2.35. The number of nitrogens with one attached hydrogen (secondary N) is 2. The number of ether oxygens (including phenoxy) is 3. The molecule has 0 aromatic heterocycles. The molecule has 4 bridgehead atoms. The molecule has 244 valence electrons. The van der Waals surface area contributed by atoms with E-state index in [-0.39, 0.29) is 30.6 Å². The van der Waals surface area contributed by atoms with Crippen LogP contribution in [0.4, 0.5) is 5.69 Å². The summed E-state index contributed by atoms with van der Waals surface area (Å²) in [5.74, 6) is 0.944. The van der Waals surface area contributed by atoms with Crippen molar-refractivity contribution in [2.45, 2.75) is 58.8 Å². The maximum Gasteiger partial charge on any atom is 0.338 e. The van der Waals surface area contributed by atoms with Gasteiger partial charge in [0, 0.05) is 24.2 Å². The van der Waals surface area contributed by atoms with E-state index in [1.165, 1.54) is 6.07 Å². The molecule has 0 spiro atoms. The number of aryl methyl sites for hydroxylation is 2. The first kappa shape index (κ1) is 34.5. The van der Waals surface area contributed by atoms with Crippen LogP contribution in [0.2, 0.25) is 0 Å². The number of benzene rings is 4. The summed E-state index contributed by atoms with van der Waals surface area (Å²) in [7, 11) is -3.86. The number of rotatable bonds is 10. The van der Waals surface area contributed by atoms with E-state index in [1.807, 2.05) is 51.1 Å². The van der Waals surface area contributed by atoms with Gasteiger partial charge in [-0.1, -0.05) is 37.8 Å². The molecule has 0 saturated carbocycles. The highest BCUT2D eigenvalue weighted by Crippen LogP contribution is 2.33. The summed E-state index contributed by atoms with van der Waals surface area (Å²) in [6.45, 7) is 8.96. The quantitative estimate of drug-likeness (QED) is 0.131. The van der Waals surface area contributed by atoms with Crippen molar-refractivity contribution >= 4 is 21.7 Å². The van der Waals surface area contributed by atoms with Gasteiger partial charge in [-0.15, -0.1) is 0 Å². The van der Waals surface area contributed by atoms with Gasteiger partial charge in [-0.05, 0) is 98.0 Å². The predicted molar refractivity (Wildman–Crippen MR) is 180 cm³/mol. The van der Waals surface area contributed by atoms with Crippen LogP contribution in [-0.4, -0.2) is 45.3 Å². The van der Waals surface area contributed by atoms with Crippen molar-refractivity contribution in [1.82, 2.24) is 5.32 Å². The largest absolute Gasteiger partial charge is 0.492 e. The molecule has 0 fully saturated rings. The van der Waals surface area contributed by atoms with Gasteiger partial charge in [-0.3, -0.25) is 4.72 Å². The molecule has 1 heterocycles. The second kappa shape index (κ2) is 14.8. The zero-order chi connectivity index (χ0) is 32.1. The van der Waals surface area contributed by atoms with Crippen molar-refractivity contribution < 1.29 is 32.5 Å². The number of hydrogen-bond donors (Lipinski definition) is 3. The molecular weight excluding hydrogens is 604 g/mol. The molecule has 0 radical (unpaired) electrons. The van der Waals surface area contributed by atoms with E-state index in [4.69, 9.17) is 14.2 Å². The maximum absolute atomic E-state index is 13.1. The highest BCUT2D eigenvalue weighted by Gasteiger charge is 2.24. The minimum Gasteiger partial charge on any atom is -0.492 e. The fraction of sp³-hybridized carbons (Fsp3) is 0.306. The van der Waals surface area contributed by atoms with Crippen molar-refractivity contribution in [3.05, 3.63) is 107 Å². The van der Waals surface area contributed by atoms with Crippen LogP contribution in [0.5, 0.6) is 11.5 Å². The lowest BCUT2D eigenvalue weighted by atomic mass is 9.99. The number of fused-ring (bicyclic) bond motifs is 4. The molecule has 0 amide bonds. The van der Waals surface area contributed by atoms with Gasteiger partial charge in [0.25, 0.3) is 10.0 Å². The topological polar surface area (TPSA) is 123 Å². The van der Waals surface area contributed by atoms with E-state index >= 15 is 0 Å². The standard InChI is InChI=1S/C35H38N2O7S.CH4/c1-5-42-35(39)27-11-9-26(10-12-27)28-17-22(2)34(23(3)18-28)43-16-15-36-24(4)33(38)31-14-13-29-20-32(31)37-45(40,41)30-8-6-7-25(19-30)21-44-29;/h6-14,17-20,24,33,36-38H,5,15-16,21H2,1-4H3;1H4/t24-,33-;/m0./s1. The van der Waals surface area contributed by atoms with Crippen LogP contribution in [0.3, 0.4) is 0 Å². The van der Waals surface area contributed by atoms with Crippen LogP contribution in [0, 0.1) is 13.8 Å². The van der Waals surface area contributed by atoms with Crippen LogP contribution in [0.15, 0.2) is 83.8 Å². The first-order chi connectivity index (χ1) is 21.6. The number of anilines is 1. The van der Waals surface area contributed by atoms with E-state index in [2.05, 4.69) is 10.0 Å². The molecule has 9 nitrogen and oxygen atoms in total. The number of hydrogen-bond acceptors (Lipinski definition) is 8. The summed E-state index contributed by atoms with van der Waals surface area (Å²) in [4.78, 5) is 12.1. The Morgan fingerprint density at radius 2 is 1.72 bits per heavy atom. The zero-order valence-electron chi connectivity index (χ0n) is 25.8.